The van der Waals surface area contributed by atoms with Crippen molar-refractivity contribution in [2.24, 2.45) is 4.99 Å². The molecule has 0 radical (unpaired) electrons. The molecule has 4 aromatic rings. The van der Waals surface area contributed by atoms with Gasteiger partial charge in [0.2, 0.25) is 0 Å². The number of fused-ring (bicyclic) bond motifs is 1. The van der Waals surface area contributed by atoms with Gasteiger partial charge in [-0.2, -0.15) is 13.2 Å². The molecule has 0 spiro atoms. The third kappa shape index (κ3) is 5.01. The number of alkyl halides is 3. The van der Waals surface area contributed by atoms with Gasteiger partial charge in [0.1, 0.15) is 22.9 Å². The molecule has 1 aliphatic rings. The van der Waals surface area contributed by atoms with E-state index in [2.05, 4.69) is 38.8 Å². The van der Waals surface area contributed by atoms with Crippen LogP contribution in [-0.4, -0.2) is 56.5 Å². The fourth-order valence-corrected chi connectivity index (χ4v) is 4.85. The van der Waals surface area contributed by atoms with E-state index >= 15 is 0 Å². The minimum absolute atomic E-state index is 0.181. The minimum Gasteiger partial charge on any atom is -0.307 e. The topological polar surface area (TPSA) is 87.8 Å². The van der Waals surface area contributed by atoms with Crippen LogP contribution in [0.3, 0.4) is 0 Å². The molecule has 38 heavy (non-hydrogen) atoms. The van der Waals surface area contributed by atoms with Crippen molar-refractivity contribution in [3.8, 4) is 11.3 Å². The summed E-state index contributed by atoms with van der Waals surface area (Å²) in [6, 6.07) is 8.34. The van der Waals surface area contributed by atoms with Gasteiger partial charge in [-0.25, -0.2) is 19.9 Å². The summed E-state index contributed by atoms with van der Waals surface area (Å²) in [5.74, 6) is 0.880. The first-order valence-corrected chi connectivity index (χ1v) is 12.3. The van der Waals surface area contributed by atoms with Crippen LogP contribution in [0.4, 0.5) is 24.8 Å². The molecule has 1 amide bonds. The van der Waals surface area contributed by atoms with Gasteiger partial charge in [-0.3, -0.25) is 9.20 Å². The van der Waals surface area contributed by atoms with Crippen molar-refractivity contribution in [3.05, 3.63) is 71.9 Å². The molecule has 1 saturated heterocycles. The predicted molar refractivity (Wildman–Crippen MR) is 139 cm³/mol. The second-order valence-corrected chi connectivity index (χ2v) is 9.14. The fourth-order valence-electron chi connectivity index (χ4n) is 4.85. The Labute approximate surface area is 217 Å². The molecule has 0 saturated carbocycles. The first kappa shape index (κ1) is 25.5. The van der Waals surface area contributed by atoms with Gasteiger partial charge in [0.05, 0.1) is 5.56 Å². The Morgan fingerprint density at radius 2 is 1.97 bits per heavy atom. The van der Waals surface area contributed by atoms with Crippen LogP contribution in [0.2, 0.25) is 0 Å². The van der Waals surface area contributed by atoms with Gasteiger partial charge in [0.25, 0.3) is 5.91 Å². The lowest BCUT2D eigenvalue weighted by Crippen LogP contribution is -2.34. The Balaban J connectivity index is 1.45. The summed E-state index contributed by atoms with van der Waals surface area (Å²) < 4.78 is 41.0. The van der Waals surface area contributed by atoms with Gasteiger partial charge in [-0.15, -0.1) is 0 Å². The number of benzene rings is 1. The second kappa shape index (κ2) is 10.3. The Morgan fingerprint density at radius 1 is 1.18 bits per heavy atom. The summed E-state index contributed by atoms with van der Waals surface area (Å²) in [5.41, 5.74) is 1.54. The summed E-state index contributed by atoms with van der Waals surface area (Å²) in [5, 5.41) is 2.43. The van der Waals surface area contributed by atoms with E-state index < -0.39 is 17.6 Å². The molecule has 1 unspecified atom stereocenters. The number of imidazole rings is 1. The van der Waals surface area contributed by atoms with Crippen molar-refractivity contribution < 1.29 is 18.0 Å². The zero-order valence-corrected chi connectivity index (χ0v) is 20.7. The van der Waals surface area contributed by atoms with Crippen molar-refractivity contribution in [2.45, 2.75) is 31.9 Å². The van der Waals surface area contributed by atoms with Gasteiger partial charge >= 0.3 is 6.18 Å². The molecule has 0 bridgehead atoms. The monoisotopic (exact) mass is 521 g/mol. The van der Waals surface area contributed by atoms with E-state index in [1.807, 2.05) is 10.6 Å². The number of pyridine rings is 1. The summed E-state index contributed by atoms with van der Waals surface area (Å²) in [7, 11) is 0. The highest BCUT2D eigenvalue weighted by atomic mass is 19.4. The van der Waals surface area contributed by atoms with Crippen LogP contribution in [0.25, 0.3) is 16.8 Å². The van der Waals surface area contributed by atoms with E-state index in [1.54, 1.807) is 30.5 Å². The summed E-state index contributed by atoms with van der Waals surface area (Å²) in [6.45, 7) is 8.79. The average molecular weight is 522 g/mol. The van der Waals surface area contributed by atoms with Crippen LogP contribution >= 0.6 is 0 Å². The number of hydrogen-bond acceptors (Lipinski definition) is 6. The third-order valence-corrected chi connectivity index (χ3v) is 6.78. The van der Waals surface area contributed by atoms with E-state index in [-0.39, 0.29) is 17.3 Å². The molecule has 1 atom stereocenters. The number of piperidine rings is 1. The molecular weight excluding hydrogens is 495 g/mol. The molecular formula is C27H26F3N7O. The lowest BCUT2D eigenvalue weighted by atomic mass is 9.97. The Hall–Kier alpha value is -4.12. The number of amides is 1. The van der Waals surface area contributed by atoms with E-state index in [1.165, 1.54) is 0 Å². The van der Waals surface area contributed by atoms with Crippen LogP contribution in [0.15, 0.2) is 60.0 Å². The summed E-state index contributed by atoms with van der Waals surface area (Å²) in [6.07, 6.45) is 2.15. The minimum atomic E-state index is -4.53. The quantitative estimate of drug-likeness (QED) is 0.334. The van der Waals surface area contributed by atoms with E-state index in [9.17, 15) is 18.0 Å². The number of anilines is 1. The number of likely N-dealkylation sites (N-methyl/N-ethyl adjacent to an activating group) is 1. The number of carbonyl (C=O) groups is 1. The zero-order valence-electron chi connectivity index (χ0n) is 20.7. The molecule has 1 aliphatic heterocycles. The van der Waals surface area contributed by atoms with Gasteiger partial charge < -0.3 is 10.2 Å². The van der Waals surface area contributed by atoms with Crippen LogP contribution in [0, 0.1) is 0 Å². The molecule has 4 heterocycles. The highest BCUT2D eigenvalue weighted by molar-refractivity contribution is 6.04. The van der Waals surface area contributed by atoms with Crippen LogP contribution in [0.1, 0.15) is 47.4 Å². The number of halogens is 3. The molecule has 5 rings (SSSR count). The molecule has 11 heteroatoms. The number of carbonyl (C=O) groups excluding carboxylic acids is 1. The lowest BCUT2D eigenvalue weighted by Gasteiger charge is -2.31. The maximum Gasteiger partial charge on any atom is 0.416 e. The highest BCUT2D eigenvalue weighted by Gasteiger charge is 2.31. The summed E-state index contributed by atoms with van der Waals surface area (Å²) >= 11 is 0. The van der Waals surface area contributed by atoms with Crippen LogP contribution in [-0.2, 0) is 6.18 Å². The van der Waals surface area contributed by atoms with Crippen molar-refractivity contribution in [1.29, 1.82) is 0 Å². The van der Waals surface area contributed by atoms with E-state index in [0.29, 0.717) is 11.5 Å². The maximum atomic E-state index is 13.0. The van der Waals surface area contributed by atoms with Crippen molar-refractivity contribution in [3.63, 3.8) is 0 Å². The number of rotatable bonds is 6. The largest absolute Gasteiger partial charge is 0.416 e. The number of likely N-dealkylation sites (tertiary alicyclic amines) is 1. The molecule has 8 nitrogen and oxygen atoms in total. The smallest absolute Gasteiger partial charge is 0.307 e. The number of aromatic nitrogens is 4. The number of nitrogens with one attached hydrogen (secondary N) is 1. The standard InChI is InChI=1S/C27H26F3N7O/c1-3-36-13-4-5-19(16-36)25-35-22(23-24(31-2)33-12-14-37(23)25)17-6-8-18(9-7-17)26(38)34-21-15-20(10-11-32-21)27(28,29)30/h6-12,14-15,19H,2-5,13,16H2,1H3,(H,32,34,38). The summed E-state index contributed by atoms with van der Waals surface area (Å²) in [4.78, 5) is 32.5. The first-order valence-electron chi connectivity index (χ1n) is 12.3. The van der Waals surface area contributed by atoms with Crippen LogP contribution in [0.5, 0.6) is 0 Å². The number of nitrogens with zero attached hydrogens (tertiary/aromatic N) is 6. The first-order chi connectivity index (χ1) is 18.3. The third-order valence-electron chi connectivity index (χ3n) is 6.78. The Kier molecular flexibility index (Phi) is 6.94. The molecule has 1 fully saturated rings. The normalized spacial score (nSPS) is 16.5. The van der Waals surface area contributed by atoms with Crippen molar-refractivity contribution in [2.75, 3.05) is 25.0 Å². The fraction of sp³-hybridized carbons (Fsp3) is 0.296. The molecule has 1 N–H and O–H groups in total. The van der Waals surface area contributed by atoms with E-state index in [4.69, 9.17) is 4.98 Å². The second-order valence-electron chi connectivity index (χ2n) is 9.14. The highest BCUT2D eigenvalue weighted by Crippen LogP contribution is 2.35. The predicted octanol–water partition coefficient (Wildman–Crippen LogP) is 5.59. The van der Waals surface area contributed by atoms with Gasteiger partial charge in [0.15, 0.2) is 5.82 Å². The van der Waals surface area contributed by atoms with Crippen molar-refractivity contribution >= 4 is 29.8 Å². The van der Waals surface area contributed by atoms with Crippen molar-refractivity contribution in [1.82, 2.24) is 24.3 Å². The SMILES string of the molecule is C=Nc1nccn2c(C3CCCN(CC)C3)nc(-c3ccc(C(=O)Nc4cc(C(F)(F)F)ccn4)cc3)c12. The Morgan fingerprint density at radius 3 is 2.68 bits per heavy atom. The van der Waals surface area contributed by atoms with Gasteiger partial charge in [0, 0.05) is 42.2 Å². The molecule has 1 aromatic carbocycles. The van der Waals surface area contributed by atoms with Crippen LogP contribution < -0.4 is 5.32 Å². The maximum absolute atomic E-state index is 13.0. The molecule has 196 valence electrons. The Bertz CT molecular complexity index is 1480. The zero-order chi connectivity index (χ0) is 26.9. The number of aliphatic imine (C=N–C) groups is 1. The molecule has 3 aromatic heterocycles. The van der Waals surface area contributed by atoms with E-state index in [0.717, 1.165) is 67.7 Å². The van der Waals surface area contributed by atoms with Gasteiger partial charge in [-0.05, 0) is 56.9 Å². The number of hydrogen-bond donors (Lipinski definition) is 1. The van der Waals surface area contributed by atoms with Gasteiger partial charge in [-0.1, -0.05) is 19.1 Å². The average Bonchev–Trinajstić information content (AvgIpc) is 3.33. The molecule has 0 aliphatic carbocycles. The lowest BCUT2D eigenvalue weighted by molar-refractivity contribution is -0.137.